The highest BCUT2D eigenvalue weighted by Gasteiger charge is 2.45. The molecule has 39 heavy (non-hydrogen) atoms. The first-order valence-electron chi connectivity index (χ1n) is 14.1. The fourth-order valence-electron chi connectivity index (χ4n) is 7.51. The van der Waals surface area contributed by atoms with Gasteiger partial charge in [-0.15, -0.1) is 11.3 Å². The van der Waals surface area contributed by atoms with Crippen LogP contribution in [0.3, 0.4) is 0 Å². The SMILES string of the molecule is Fc1c(-c2csc3cccc(Cl)c23)ccc2c(N3CC4CCC(C3)N4)nc(OCC34CCCN3CCC4)nc12. The maximum atomic E-state index is 16.5. The average Bonchev–Trinajstić information content (AvgIpc) is 3.71. The summed E-state index contributed by atoms with van der Waals surface area (Å²) in [4.78, 5) is 14.6. The lowest BCUT2D eigenvalue weighted by Crippen LogP contribution is -2.51. The Balaban J connectivity index is 1.24. The smallest absolute Gasteiger partial charge is 0.319 e. The van der Waals surface area contributed by atoms with Gasteiger partial charge in [0.05, 0.1) is 5.54 Å². The number of piperazine rings is 1. The van der Waals surface area contributed by atoms with Crippen LogP contribution < -0.4 is 15.0 Å². The normalized spacial score (nSPS) is 24.2. The maximum absolute atomic E-state index is 16.5. The largest absolute Gasteiger partial charge is 0.461 e. The molecule has 9 heteroatoms. The minimum Gasteiger partial charge on any atom is -0.461 e. The van der Waals surface area contributed by atoms with E-state index < -0.39 is 0 Å². The van der Waals surface area contributed by atoms with Crippen LogP contribution in [0.25, 0.3) is 32.1 Å². The number of ether oxygens (including phenoxy) is 1. The Morgan fingerprint density at radius 1 is 1.05 bits per heavy atom. The van der Waals surface area contributed by atoms with Crippen molar-refractivity contribution >= 4 is 49.7 Å². The van der Waals surface area contributed by atoms with Crippen LogP contribution >= 0.6 is 22.9 Å². The standard InChI is InChI=1S/C30H31ClFN5OS/c31-23-4-1-5-24-25(23)22(16-39-24)20-8-9-21-27(26(20)32)34-29(38-17-30-10-2-12-37(30)13-3-11-30)35-28(21)36-14-18-6-7-19(15-36)33-18/h1,4-5,8-9,16,18-19,33H,2-3,6-7,10-15,17H2. The molecule has 1 N–H and O–H groups in total. The number of aromatic nitrogens is 2. The lowest BCUT2D eigenvalue weighted by Gasteiger charge is -2.34. The van der Waals surface area contributed by atoms with E-state index in [4.69, 9.17) is 26.3 Å². The van der Waals surface area contributed by atoms with Crippen LogP contribution in [0.4, 0.5) is 10.2 Å². The van der Waals surface area contributed by atoms with Gasteiger partial charge in [-0.1, -0.05) is 23.7 Å². The Morgan fingerprint density at radius 2 is 1.85 bits per heavy atom. The van der Waals surface area contributed by atoms with E-state index in [2.05, 4.69) is 15.1 Å². The number of rotatable bonds is 5. The maximum Gasteiger partial charge on any atom is 0.319 e. The molecule has 0 spiro atoms. The first-order chi connectivity index (χ1) is 19.1. The Kier molecular flexibility index (Phi) is 5.77. The fraction of sp³-hybridized carbons (Fsp3) is 0.467. The second-order valence-electron chi connectivity index (χ2n) is 11.7. The van der Waals surface area contributed by atoms with Crippen molar-refractivity contribution in [3.05, 3.63) is 46.6 Å². The van der Waals surface area contributed by atoms with Gasteiger partial charge >= 0.3 is 6.01 Å². The quantitative estimate of drug-likeness (QED) is 0.310. The number of thiophene rings is 1. The highest BCUT2D eigenvalue weighted by molar-refractivity contribution is 7.17. The lowest BCUT2D eigenvalue weighted by atomic mass is 9.95. The van der Waals surface area contributed by atoms with E-state index >= 15 is 4.39 Å². The molecule has 6 nitrogen and oxygen atoms in total. The van der Waals surface area contributed by atoms with Gasteiger partial charge in [0.2, 0.25) is 0 Å². The molecule has 4 aliphatic rings. The summed E-state index contributed by atoms with van der Waals surface area (Å²) in [6, 6.07) is 10.8. The number of fused-ring (bicyclic) bond motifs is 5. The predicted molar refractivity (Wildman–Crippen MR) is 156 cm³/mol. The second kappa shape index (κ2) is 9.26. The van der Waals surface area contributed by atoms with Gasteiger partial charge in [-0.25, -0.2) is 4.39 Å². The summed E-state index contributed by atoms with van der Waals surface area (Å²) in [5.74, 6) is 0.430. The van der Waals surface area contributed by atoms with Gasteiger partial charge in [0.25, 0.3) is 0 Å². The van der Waals surface area contributed by atoms with Gasteiger partial charge in [0.15, 0.2) is 5.82 Å². The molecule has 0 radical (unpaired) electrons. The van der Waals surface area contributed by atoms with E-state index in [1.165, 1.54) is 12.8 Å². The number of halogens is 2. The molecule has 4 fully saturated rings. The third kappa shape index (κ3) is 3.94. The Bertz CT molecular complexity index is 1570. The van der Waals surface area contributed by atoms with Gasteiger partial charge in [0, 0.05) is 56.8 Å². The number of hydrogen-bond donors (Lipinski definition) is 1. The summed E-state index contributed by atoms with van der Waals surface area (Å²) in [6.07, 6.45) is 7.00. The molecular weight excluding hydrogens is 533 g/mol. The van der Waals surface area contributed by atoms with E-state index in [0.29, 0.717) is 34.8 Å². The van der Waals surface area contributed by atoms with Gasteiger partial charge in [-0.2, -0.15) is 9.97 Å². The van der Waals surface area contributed by atoms with Crippen LogP contribution in [0.5, 0.6) is 6.01 Å². The minimum atomic E-state index is -0.347. The van der Waals surface area contributed by atoms with E-state index in [1.54, 1.807) is 11.3 Å². The molecule has 202 valence electrons. The summed E-state index contributed by atoms with van der Waals surface area (Å²) in [7, 11) is 0. The van der Waals surface area contributed by atoms with Crippen molar-refractivity contribution in [1.82, 2.24) is 20.2 Å². The van der Waals surface area contributed by atoms with E-state index in [-0.39, 0.29) is 17.4 Å². The van der Waals surface area contributed by atoms with Crippen molar-refractivity contribution in [2.75, 3.05) is 37.7 Å². The zero-order valence-electron chi connectivity index (χ0n) is 21.8. The Labute approximate surface area is 236 Å². The van der Waals surface area contributed by atoms with E-state index in [9.17, 15) is 0 Å². The van der Waals surface area contributed by atoms with Crippen LogP contribution in [0, 0.1) is 5.82 Å². The van der Waals surface area contributed by atoms with Crippen molar-refractivity contribution < 1.29 is 9.13 Å². The minimum absolute atomic E-state index is 0.0688. The summed E-state index contributed by atoms with van der Waals surface area (Å²) >= 11 is 8.15. The van der Waals surface area contributed by atoms with Crippen LogP contribution in [0.2, 0.25) is 5.02 Å². The average molecular weight is 564 g/mol. The van der Waals surface area contributed by atoms with E-state index in [0.717, 1.165) is 78.7 Å². The first-order valence-corrected chi connectivity index (χ1v) is 15.4. The van der Waals surface area contributed by atoms with Crippen LogP contribution in [0.15, 0.2) is 35.7 Å². The molecule has 8 rings (SSSR count). The van der Waals surface area contributed by atoms with Gasteiger partial charge in [-0.05, 0) is 75.2 Å². The van der Waals surface area contributed by atoms with Gasteiger partial charge in [-0.3, -0.25) is 4.90 Å². The summed E-state index contributed by atoms with van der Waals surface area (Å²) in [6.45, 7) is 4.52. The number of nitrogens with zero attached hydrogens (tertiary/aromatic N) is 4. The number of anilines is 1. The third-order valence-corrected chi connectivity index (χ3v) is 10.7. The van der Waals surface area contributed by atoms with Crippen LogP contribution in [-0.2, 0) is 0 Å². The number of hydrogen-bond acceptors (Lipinski definition) is 7. The van der Waals surface area contributed by atoms with E-state index in [1.807, 2.05) is 35.7 Å². The fourth-order valence-corrected chi connectivity index (χ4v) is 8.83. The molecule has 2 aromatic carbocycles. The Morgan fingerprint density at radius 3 is 2.64 bits per heavy atom. The molecule has 0 saturated carbocycles. The molecular formula is C30H31ClFN5OS. The summed E-state index contributed by atoms with van der Waals surface area (Å²) < 4.78 is 23.9. The highest BCUT2D eigenvalue weighted by atomic mass is 35.5. The molecule has 2 bridgehead atoms. The summed E-state index contributed by atoms with van der Waals surface area (Å²) in [5.41, 5.74) is 1.69. The summed E-state index contributed by atoms with van der Waals surface area (Å²) in [5, 5.41) is 7.93. The molecule has 4 aliphatic heterocycles. The lowest BCUT2D eigenvalue weighted by molar-refractivity contribution is 0.108. The van der Waals surface area contributed by atoms with Crippen molar-refractivity contribution in [2.45, 2.75) is 56.1 Å². The van der Waals surface area contributed by atoms with Crippen molar-refractivity contribution in [3.63, 3.8) is 0 Å². The molecule has 2 atom stereocenters. The molecule has 0 aliphatic carbocycles. The topological polar surface area (TPSA) is 53.5 Å². The second-order valence-corrected chi connectivity index (χ2v) is 13.0. The van der Waals surface area contributed by atoms with Crippen molar-refractivity contribution in [1.29, 1.82) is 0 Å². The predicted octanol–water partition coefficient (Wildman–Crippen LogP) is 6.25. The zero-order valence-corrected chi connectivity index (χ0v) is 23.3. The Hall–Kier alpha value is -2.52. The highest BCUT2D eigenvalue weighted by Crippen LogP contribution is 2.43. The van der Waals surface area contributed by atoms with Crippen LogP contribution in [0.1, 0.15) is 38.5 Å². The van der Waals surface area contributed by atoms with Crippen LogP contribution in [-0.4, -0.2) is 65.3 Å². The molecule has 2 unspecified atom stereocenters. The molecule has 4 saturated heterocycles. The number of nitrogens with one attached hydrogen (secondary N) is 1. The molecule has 2 aromatic heterocycles. The molecule has 0 amide bonds. The first kappa shape index (κ1) is 24.3. The van der Waals surface area contributed by atoms with Crippen molar-refractivity contribution in [3.8, 4) is 17.1 Å². The van der Waals surface area contributed by atoms with Gasteiger partial charge < -0.3 is 15.0 Å². The molecule has 6 heterocycles. The zero-order chi connectivity index (χ0) is 26.1. The monoisotopic (exact) mass is 563 g/mol. The molecule has 4 aromatic rings. The number of benzene rings is 2. The van der Waals surface area contributed by atoms with Crippen molar-refractivity contribution in [2.24, 2.45) is 0 Å². The third-order valence-electron chi connectivity index (χ3n) is 9.40. The van der Waals surface area contributed by atoms with Gasteiger partial charge in [0.1, 0.15) is 17.9 Å².